The number of carbonyl (C=O) groups is 2. The van der Waals surface area contributed by atoms with Crippen LogP contribution in [-0.2, 0) is 9.59 Å². The van der Waals surface area contributed by atoms with E-state index in [0.29, 0.717) is 13.1 Å². The summed E-state index contributed by atoms with van der Waals surface area (Å²) in [6.07, 6.45) is 6.73. The first-order chi connectivity index (χ1) is 10.6. The Bertz CT molecular complexity index is 432. The van der Waals surface area contributed by atoms with Crippen LogP contribution in [0.1, 0.15) is 46.0 Å². The zero-order valence-corrected chi connectivity index (χ0v) is 13.9. The van der Waals surface area contributed by atoms with Crippen molar-refractivity contribution in [2.24, 2.45) is 11.8 Å². The molecule has 0 spiro atoms. The minimum absolute atomic E-state index is 0.0339. The van der Waals surface area contributed by atoms with Crippen molar-refractivity contribution in [3.63, 3.8) is 0 Å². The SMILES string of the molecule is CC(C)[C@@H]1NC(=O)[C@H]2CN(CC3CCCCC3)CCN2C1=O. The van der Waals surface area contributed by atoms with Gasteiger partial charge in [0.2, 0.25) is 11.8 Å². The van der Waals surface area contributed by atoms with Gasteiger partial charge in [-0.2, -0.15) is 0 Å². The lowest BCUT2D eigenvalue weighted by Gasteiger charge is -2.46. The second-order valence-electron chi connectivity index (χ2n) is 7.54. The molecule has 0 bridgehead atoms. The van der Waals surface area contributed by atoms with Crippen LogP contribution in [0.25, 0.3) is 0 Å². The molecule has 22 heavy (non-hydrogen) atoms. The predicted octanol–water partition coefficient (Wildman–Crippen LogP) is 1.23. The minimum atomic E-state index is -0.339. The average molecular weight is 307 g/mol. The van der Waals surface area contributed by atoms with Gasteiger partial charge in [-0.05, 0) is 24.7 Å². The van der Waals surface area contributed by atoms with Gasteiger partial charge in [0, 0.05) is 26.2 Å². The smallest absolute Gasteiger partial charge is 0.246 e. The molecular weight excluding hydrogens is 278 g/mol. The van der Waals surface area contributed by atoms with Crippen LogP contribution in [-0.4, -0.2) is 59.9 Å². The van der Waals surface area contributed by atoms with Gasteiger partial charge in [0.25, 0.3) is 0 Å². The molecule has 0 aromatic heterocycles. The van der Waals surface area contributed by atoms with E-state index < -0.39 is 0 Å². The molecule has 0 aromatic carbocycles. The van der Waals surface area contributed by atoms with Crippen molar-refractivity contribution >= 4 is 11.8 Å². The number of hydrogen-bond donors (Lipinski definition) is 1. The summed E-state index contributed by atoms with van der Waals surface area (Å²) in [4.78, 5) is 29.2. The van der Waals surface area contributed by atoms with Crippen molar-refractivity contribution in [3.8, 4) is 0 Å². The number of nitrogens with zero attached hydrogens (tertiary/aromatic N) is 2. The Morgan fingerprint density at radius 2 is 1.86 bits per heavy atom. The number of fused-ring (bicyclic) bond motifs is 1. The van der Waals surface area contributed by atoms with Gasteiger partial charge in [0.1, 0.15) is 12.1 Å². The molecule has 5 nitrogen and oxygen atoms in total. The molecule has 2 saturated heterocycles. The van der Waals surface area contributed by atoms with E-state index in [-0.39, 0.29) is 29.8 Å². The third-order valence-corrected chi connectivity index (χ3v) is 5.52. The summed E-state index contributed by atoms with van der Waals surface area (Å²) >= 11 is 0. The molecule has 0 radical (unpaired) electrons. The Kier molecular flexibility index (Phi) is 4.71. The van der Waals surface area contributed by atoms with Crippen molar-refractivity contribution in [1.82, 2.24) is 15.1 Å². The lowest BCUT2D eigenvalue weighted by molar-refractivity contribution is -0.154. The molecule has 2 heterocycles. The van der Waals surface area contributed by atoms with Crippen molar-refractivity contribution in [2.75, 3.05) is 26.2 Å². The molecule has 3 rings (SSSR count). The van der Waals surface area contributed by atoms with E-state index in [1.807, 2.05) is 18.7 Å². The molecule has 0 unspecified atom stereocenters. The Hall–Kier alpha value is -1.10. The Morgan fingerprint density at radius 3 is 2.55 bits per heavy atom. The molecule has 3 aliphatic rings. The van der Waals surface area contributed by atoms with E-state index >= 15 is 0 Å². The third-order valence-electron chi connectivity index (χ3n) is 5.52. The second-order valence-corrected chi connectivity index (χ2v) is 7.54. The van der Waals surface area contributed by atoms with Gasteiger partial charge < -0.3 is 10.2 Å². The highest BCUT2D eigenvalue weighted by atomic mass is 16.2. The number of nitrogens with one attached hydrogen (secondary N) is 1. The third kappa shape index (κ3) is 3.14. The normalized spacial score (nSPS) is 31.3. The summed E-state index contributed by atoms with van der Waals surface area (Å²) < 4.78 is 0. The maximum absolute atomic E-state index is 12.5. The van der Waals surface area contributed by atoms with Crippen LogP contribution in [0.4, 0.5) is 0 Å². The van der Waals surface area contributed by atoms with Crippen LogP contribution in [0.5, 0.6) is 0 Å². The molecule has 2 amide bonds. The van der Waals surface area contributed by atoms with Gasteiger partial charge in [-0.15, -0.1) is 0 Å². The lowest BCUT2D eigenvalue weighted by atomic mass is 9.88. The first kappa shape index (κ1) is 15.8. The van der Waals surface area contributed by atoms with Gasteiger partial charge in [0.15, 0.2) is 0 Å². The van der Waals surface area contributed by atoms with Gasteiger partial charge >= 0.3 is 0 Å². The fourth-order valence-corrected chi connectivity index (χ4v) is 4.17. The predicted molar refractivity (Wildman–Crippen MR) is 85.3 cm³/mol. The largest absolute Gasteiger partial charge is 0.342 e. The Labute approximate surface area is 133 Å². The highest BCUT2D eigenvalue weighted by Gasteiger charge is 2.44. The Morgan fingerprint density at radius 1 is 1.14 bits per heavy atom. The van der Waals surface area contributed by atoms with E-state index in [4.69, 9.17) is 0 Å². The van der Waals surface area contributed by atoms with Crippen LogP contribution >= 0.6 is 0 Å². The molecule has 5 heteroatoms. The number of piperazine rings is 2. The van der Waals surface area contributed by atoms with Crippen LogP contribution in [0.15, 0.2) is 0 Å². The van der Waals surface area contributed by atoms with Crippen molar-refractivity contribution in [2.45, 2.75) is 58.0 Å². The molecule has 2 aliphatic heterocycles. The molecule has 3 fully saturated rings. The van der Waals surface area contributed by atoms with E-state index in [0.717, 1.165) is 19.0 Å². The highest BCUT2D eigenvalue weighted by molar-refractivity contribution is 5.97. The number of carbonyl (C=O) groups excluding carboxylic acids is 2. The quantitative estimate of drug-likeness (QED) is 0.853. The highest BCUT2D eigenvalue weighted by Crippen LogP contribution is 2.26. The number of amides is 2. The summed E-state index contributed by atoms with van der Waals surface area (Å²) in [6.45, 7) is 7.40. The topological polar surface area (TPSA) is 52.7 Å². The zero-order chi connectivity index (χ0) is 15.7. The molecule has 124 valence electrons. The fraction of sp³-hybridized carbons (Fsp3) is 0.882. The Balaban J connectivity index is 1.61. The van der Waals surface area contributed by atoms with E-state index in [1.165, 1.54) is 32.1 Å². The maximum Gasteiger partial charge on any atom is 0.246 e. The first-order valence-electron chi connectivity index (χ1n) is 8.89. The standard InChI is InChI=1S/C17H29N3O2/c1-12(2)15-17(22)20-9-8-19(11-14(20)16(21)18-15)10-13-6-4-3-5-7-13/h12-15H,3-11H2,1-2H3,(H,18,21)/t14-,15+/m1/s1. The summed E-state index contributed by atoms with van der Waals surface area (Å²) in [5.74, 6) is 1.08. The summed E-state index contributed by atoms with van der Waals surface area (Å²) in [5, 5.41) is 2.93. The fourth-order valence-electron chi connectivity index (χ4n) is 4.17. The van der Waals surface area contributed by atoms with Crippen LogP contribution in [0.2, 0.25) is 0 Å². The van der Waals surface area contributed by atoms with Crippen LogP contribution in [0.3, 0.4) is 0 Å². The summed E-state index contributed by atoms with van der Waals surface area (Å²) in [7, 11) is 0. The monoisotopic (exact) mass is 307 g/mol. The summed E-state index contributed by atoms with van der Waals surface area (Å²) in [6, 6.07) is -0.617. The van der Waals surface area contributed by atoms with E-state index in [9.17, 15) is 9.59 Å². The van der Waals surface area contributed by atoms with Crippen molar-refractivity contribution in [3.05, 3.63) is 0 Å². The van der Waals surface area contributed by atoms with Crippen molar-refractivity contribution in [1.29, 1.82) is 0 Å². The van der Waals surface area contributed by atoms with Gasteiger partial charge in [0.05, 0.1) is 0 Å². The van der Waals surface area contributed by atoms with E-state index in [1.54, 1.807) is 0 Å². The number of hydrogen-bond acceptors (Lipinski definition) is 3. The first-order valence-corrected chi connectivity index (χ1v) is 8.89. The molecule has 1 N–H and O–H groups in total. The number of rotatable bonds is 3. The zero-order valence-electron chi connectivity index (χ0n) is 13.9. The lowest BCUT2D eigenvalue weighted by Crippen LogP contribution is -2.70. The van der Waals surface area contributed by atoms with Crippen molar-refractivity contribution < 1.29 is 9.59 Å². The minimum Gasteiger partial charge on any atom is -0.342 e. The molecule has 0 aromatic rings. The maximum atomic E-state index is 12.5. The van der Waals surface area contributed by atoms with Gasteiger partial charge in [-0.25, -0.2) is 0 Å². The molecule has 1 aliphatic carbocycles. The van der Waals surface area contributed by atoms with Gasteiger partial charge in [-0.1, -0.05) is 33.1 Å². The van der Waals surface area contributed by atoms with E-state index in [2.05, 4.69) is 10.2 Å². The van der Waals surface area contributed by atoms with Gasteiger partial charge in [-0.3, -0.25) is 14.5 Å². The summed E-state index contributed by atoms with van der Waals surface area (Å²) in [5.41, 5.74) is 0. The molecule has 1 saturated carbocycles. The molecular formula is C17H29N3O2. The second kappa shape index (κ2) is 6.57. The van der Waals surface area contributed by atoms with Crippen LogP contribution in [0, 0.1) is 11.8 Å². The van der Waals surface area contributed by atoms with Crippen LogP contribution < -0.4 is 5.32 Å². The molecule has 2 atom stereocenters. The average Bonchev–Trinajstić information content (AvgIpc) is 2.51.